The Morgan fingerprint density at radius 3 is 2.45 bits per heavy atom. The predicted octanol–water partition coefficient (Wildman–Crippen LogP) is 5.35. The van der Waals surface area contributed by atoms with Crippen LogP contribution in [0.2, 0.25) is 0 Å². The molecule has 0 aromatic heterocycles. The molecule has 0 aliphatic carbocycles. The summed E-state index contributed by atoms with van der Waals surface area (Å²) >= 11 is 0. The number of halogens is 1. The van der Waals surface area contributed by atoms with Crippen molar-refractivity contribution >= 4 is 11.6 Å². The fourth-order valence-electron chi connectivity index (χ4n) is 4.04. The van der Waals surface area contributed by atoms with Gasteiger partial charge < -0.3 is 10.1 Å². The van der Waals surface area contributed by atoms with Crippen LogP contribution in [-0.4, -0.2) is 31.0 Å². The van der Waals surface area contributed by atoms with Crippen LogP contribution in [0.15, 0.2) is 72.8 Å². The second-order valence-electron chi connectivity index (χ2n) is 7.94. The summed E-state index contributed by atoms with van der Waals surface area (Å²) in [5.74, 6) is 0.651. The third kappa shape index (κ3) is 5.30. The van der Waals surface area contributed by atoms with Gasteiger partial charge >= 0.3 is 0 Å². The number of amides is 1. The van der Waals surface area contributed by atoms with Gasteiger partial charge in [-0.25, -0.2) is 4.39 Å². The average Bonchev–Trinajstić information content (AvgIpc) is 2.81. The number of rotatable bonds is 6. The second-order valence-corrected chi connectivity index (χ2v) is 7.94. The van der Waals surface area contributed by atoms with E-state index >= 15 is 0 Å². The van der Waals surface area contributed by atoms with Gasteiger partial charge in [0.2, 0.25) is 5.91 Å². The Kier molecular flexibility index (Phi) is 6.63. The van der Waals surface area contributed by atoms with E-state index < -0.39 is 0 Å². The van der Waals surface area contributed by atoms with E-state index in [1.807, 2.05) is 60.7 Å². The number of carbonyl (C=O) groups excluding carboxylic acids is 1. The van der Waals surface area contributed by atoms with Crippen molar-refractivity contribution in [2.45, 2.75) is 19.4 Å². The van der Waals surface area contributed by atoms with Crippen molar-refractivity contribution in [3.05, 3.63) is 84.2 Å². The minimum absolute atomic E-state index is 0.0302. The minimum atomic E-state index is -0.168. The van der Waals surface area contributed by atoms with Crippen molar-refractivity contribution in [3.63, 3.8) is 0 Å². The Labute approximate surface area is 182 Å². The lowest BCUT2D eigenvalue weighted by Gasteiger charge is -2.31. The lowest BCUT2D eigenvalue weighted by atomic mass is 9.95. The molecule has 1 aliphatic heterocycles. The van der Waals surface area contributed by atoms with E-state index in [1.165, 1.54) is 6.07 Å². The fourth-order valence-corrected chi connectivity index (χ4v) is 4.04. The summed E-state index contributed by atoms with van der Waals surface area (Å²) in [7, 11) is 1.65. The SMILES string of the molecule is COc1cccc(-c2cccc(NC(=O)C3CCN(Cc4ccccc4F)CC3)c2)c1. The van der Waals surface area contributed by atoms with Gasteiger partial charge in [-0.2, -0.15) is 0 Å². The molecular weight excluding hydrogens is 391 g/mol. The quantitative estimate of drug-likeness (QED) is 0.587. The average molecular weight is 419 g/mol. The van der Waals surface area contributed by atoms with E-state index in [9.17, 15) is 9.18 Å². The highest BCUT2D eigenvalue weighted by atomic mass is 19.1. The van der Waals surface area contributed by atoms with Crippen molar-refractivity contribution in [1.29, 1.82) is 0 Å². The molecule has 3 aromatic rings. The lowest BCUT2D eigenvalue weighted by Crippen LogP contribution is -2.37. The molecule has 0 saturated carbocycles. The van der Waals surface area contributed by atoms with E-state index in [4.69, 9.17) is 4.74 Å². The number of hydrogen-bond donors (Lipinski definition) is 1. The van der Waals surface area contributed by atoms with Crippen LogP contribution in [-0.2, 0) is 11.3 Å². The summed E-state index contributed by atoms with van der Waals surface area (Å²) in [5.41, 5.74) is 3.56. The molecule has 1 fully saturated rings. The minimum Gasteiger partial charge on any atom is -0.497 e. The van der Waals surface area contributed by atoms with Crippen molar-refractivity contribution < 1.29 is 13.9 Å². The van der Waals surface area contributed by atoms with E-state index in [0.717, 1.165) is 48.5 Å². The number of ether oxygens (including phenoxy) is 1. The first-order valence-electron chi connectivity index (χ1n) is 10.6. The summed E-state index contributed by atoms with van der Waals surface area (Å²) in [4.78, 5) is 15.0. The van der Waals surface area contributed by atoms with Gasteiger partial charge in [-0.05, 0) is 67.4 Å². The molecule has 1 heterocycles. The Balaban J connectivity index is 1.34. The number of nitrogens with zero attached hydrogens (tertiary/aromatic N) is 1. The molecule has 5 heteroatoms. The number of benzene rings is 3. The first kappa shape index (κ1) is 21.1. The van der Waals surface area contributed by atoms with E-state index in [-0.39, 0.29) is 17.6 Å². The van der Waals surface area contributed by atoms with E-state index in [1.54, 1.807) is 13.2 Å². The highest BCUT2D eigenvalue weighted by Gasteiger charge is 2.25. The Morgan fingerprint density at radius 2 is 1.71 bits per heavy atom. The van der Waals surface area contributed by atoms with Crippen LogP contribution in [0.4, 0.5) is 10.1 Å². The fraction of sp³-hybridized carbons (Fsp3) is 0.269. The van der Waals surface area contributed by atoms with Gasteiger partial charge in [-0.3, -0.25) is 9.69 Å². The first-order chi connectivity index (χ1) is 15.1. The maximum Gasteiger partial charge on any atom is 0.227 e. The van der Waals surface area contributed by atoms with Gasteiger partial charge in [0.15, 0.2) is 0 Å². The Bertz CT molecular complexity index is 1040. The summed E-state index contributed by atoms with van der Waals surface area (Å²) in [6, 6.07) is 22.6. The summed E-state index contributed by atoms with van der Waals surface area (Å²) in [6.45, 7) is 2.16. The number of likely N-dealkylation sites (tertiary alicyclic amines) is 1. The molecule has 0 atom stereocenters. The molecule has 0 bridgehead atoms. The molecule has 0 spiro atoms. The summed E-state index contributed by atoms with van der Waals surface area (Å²) < 4.78 is 19.2. The van der Waals surface area contributed by atoms with Gasteiger partial charge in [-0.15, -0.1) is 0 Å². The smallest absolute Gasteiger partial charge is 0.227 e. The molecule has 4 rings (SSSR count). The molecule has 3 aromatic carbocycles. The Morgan fingerprint density at radius 1 is 1.00 bits per heavy atom. The largest absolute Gasteiger partial charge is 0.497 e. The normalized spacial score (nSPS) is 14.9. The van der Waals surface area contributed by atoms with Gasteiger partial charge in [0.1, 0.15) is 11.6 Å². The number of nitrogens with one attached hydrogen (secondary N) is 1. The predicted molar refractivity (Wildman–Crippen MR) is 121 cm³/mol. The highest BCUT2D eigenvalue weighted by molar-refractivity contribution is 5.93. The molecule has 0 unspecified atom stereocenters. The van der Waals surface area contributed by atoms with Crippen molar-refractivity contribution in [2.75, 3.05) is 25.5 Å². The zero-order chi connectivity index (χ0) is 21.6. The molecular formula is C26H27FN2O2. The second kappa shape index (κ2) is 9.75. The molecule has 1 amide bonds. The number of methoxy groups -OCH3 is 1. The van der Waals surface area contributed by atoms with Crippen molar-refractivity contribution in [3.8, 4) is 16.9 Å². The number of anilines is 1. The van der Waals surface area contributed by atoms with Crippen LogP contribution in [0.25, 0.3) is 11.1 Å². The molecule has 0 radical (unpaired) electrons. The zero-order valence-electron chi connectivity index (χ0n) is 17.7. The van der Waals surface area contributed by atoms with E-state index in [2.05, 4.69) is 10.2 Å². The molecule has 1 N–H and O–H groups in total. The van der Waals surface area contributed by atoms with Gasteiger partial charge in [0.25, 0.3) is 0 Å². The number of hydrogen-bond acceptors (Lipinski definition) is 3. The third-order valence-corrected chi connectivity index (χ3v) is 5.84. The highest BCUT2D eigenvalue weighted by Crippen LogP contribution is 2.27. The zero-order valence-corrected chi connectivity index (χ0v) is 17.7. The maximum atomic E-state index is 13.9. The molecule has 31 heavy (non-hydrogen) atoms. The van der Waals surface area contributed by atoms with Gasteiger partial charge in [0, 0.05) is 23.7 Å². The van der Waals surface area contributed by atoms with Crippen molar-refractivity contribution in [1.82, 2.24) is 4.90 Å². The number of carbonyl (C=O) groups is 1. The first-order valence-corrected chi connectivity index (χ1v) is 10.6. The van der Waals surface area contributed by atoms with Gasteiger partial charge in [-0.1, -0.05) is 42.5 Å². The molecule has 1 aliphatic rings. The molecule has 160 valence electrons. The van der Waals surface area contributed by atoms with Crippen LogP contribution < -0.4 is 10.1 Å². The van der Waals surface area contributed by atoms with E-state index in [0.29, 0.717) is 12.1 Å². The van der Waals surface area contributed by atoms with Crippen LogP contribution in [0.5, 0.6) is 5.75 Å². The number of piperidine rings is 1. The topological polar surface area (TPSA) is 41.6 Å². The summed E-state index contributed by atoms with van der Waals surface area (Å²) in [6.07, 6.45) is 1.55. The Hall–Kier alpha value is -3.18. The summed E-state index contributed by atoms with van der Waals surface area (Å²) in [5, 5.41) is 3.08. The van der Waals surface area contributed by atoms with Gasteiger partial charge in [0.05, 0.1) is 7.11 Å². The third-order valence-electron chi connectivity index (χ3n) is 5.84. The lowest BCUT2D eigenvalue weighted by molar-refractivity contribution is -0.121. The molecule has 4 nitrogen and oxygen atoms in total. The molecule has 1 saturated heterocycles. The monoisotopic (exact) mass is 418 g/mol. The van der Waals surface area contributed by atoms with Crippen LogP contribution in [0.1, 0.15) is 18.4 Å². The standard InChI is InChI=1S/C26H27FN2O2/c1-31-24-10-5-8-21(17-24)20-7-4-9-23(16-20)28-26(30)19-12-14-29(15-13-19)18-22-6-2-3-11-25(22)27/h2-11,16-17,19H,12-15,18H2,1H3,(H,28,30). The maximum absolute atomic E-state index is 13.9. The van der Waals surface area contributed by atoms with Crippen LogP contribution in [0.3, 0.4) is 0 Å². The van der Waals surface area contributed by atoms with Crippen LogP contribution >= 0.6 is 0 Å². The van der Waals surface area contributed by atoms with Crippen molar-refractivity contribution in [2.24, 2.45) is 5.92 Å². The van der Waals surface area contributed by atoms with Crippen LogP contribution in [0, 0.1) is 11.7 Å².